The molecule has 18 heavy (non-hydrogen) atoms. The summed E-state index contributed by atoms with van der Waals surface area (Å²) in [7, 11) is 0. The molecule has 100 valence electrons. The van der Waals surface area contributed by atoms with Gasteiger partial charge in [0.25, 0.3) is 0 Å². The van der Waals surface area contributed by atoms with Crippen molar-refractivity contribution in [2.75, 3.05) is 11.9 Å². The highest BCUT2D eigenvalue weighted by molar-refractivity contribution is 5.45. The molecule has 0 heterocycles. The van der Waals surface area contributed by atoms with Gasteiger partial charge in [-0.3, -0.25) is 0 Å². The predicted molar refractivity (Wildman–Crippen MR) is 82.1 cm³/mol. The SMILES string of the molecule is CC(C)=CCNc1ccc(CCC(C)(C)C)cc1. The van der Waals surface area contributed by atoms with Crippen molar-refractivity contribution in [1.82, 2.24) is 0 Å². The Hall–Kier alpha value is -1.24. The minimum atomic E-state index is 0.417. The monoisotopic (exact) mass is 245 g/mol. The van der Waals surface area contributed by atoms with Gasteiger partial charge in [-0.15, -0.1) is 0 Å². The minimum absolute atomic E-state index is 0.417. The Kier molecular flexibility index (Phi) is 5.46. The van der Waals surface area contributed by atoms with Crippen LogP contribution in [0.4, 0.5) is 5.69 Å². The summed E-state index contributed by atoms with van der Waals surface area (Å²) in [6, 6.07) is 8.82. The van der Waals surface area contributed by atoms with Crippen molar-refractivity contribution in [3.63, 3.8) is 0 Å². The third-order valence-corrected chi connectivity index (χ3v) is 2.93. The molecule has 1 nitrogen and oxygen atoms in total. The van der Waals surface area contributed by atoms with E-state index in [0.29, 0.717) is 5.41 Å². The van der Waals surface area contributed by atoms with E-state index in [4.69, 9.17) is 0 Å². The van der Waals surface area contributed by atoms with Gasteiger partial charge in [0, 0.05) is 12.2 Å². The maximum atomic E-state index is 3.40. The van der Waals surface area contributed by atoms with Gasteiger partial charge in [-0.1, -0.05) is 44.6 Å². The van der Waals surface area contributed by atoms with Crippen molar-refractivity contribution in [3.8, 4) is 0 Å². The topological polar surface area (TPSA) is 12.0 Å². The van der Waals surface area contributed by atoms with Crippen LogP contribution in [0.1, 0.15) is 46.6 Å². The maximum Gasteiger partial charge on any atom is 0.0342 e. The largest absolute Gasteiger partial charge is 0.382 e. The Labute approximate surface area is 112 Å². The van der Waals surface area contributed by atoms with Crippen molar-refractivity contribution in [2.45, 2.75) is 47.5 Å². The molecule has 0 atom stereocenters. The van der Waals surface area contributed by atoms with E-state index in [1.54, 1.807) is 0 Å². The van der Waals surface area contributed by atoms with Gasteiger partial charge in [0.15, 0.2) is 0 Å². The molecule has 1 aromatic rings. The van der Waals surface area contributed by atoms with Crippen LogP contribution in [0, 0.1) is 5.41 Å². The summed E-state index contributed by atoms with van der Waals surface area (Å²) in [5.41, 5.74) is 4.40. The Bertz CT molecular complexity index is 375. The first-order valence-corrected chi connectivity index (χ1v) is 6.83. The average Bonchev–Trinajstić information content (AvgIpc) is 2.26. The molecule has 0 bridgehead atoms. The summed E-state index contributed by atoms with van der Waals surface area (Å²) in [5.74, 6) is 0. The van der Waals surface area contributed by atoms with Gasteiger partial charge in [0.05, 0.1) is 0 Å². The number of allylic oxidation sites excluding steroid dienone is 1. The molecular formula is C17H27N. The van der Waals surface area contributed by atoms with E-state index < -0.39 is 0 Å². The summed E-state index contributed by atoms with van der Waals surface area (Å²) >= 11 is 0. The fourth-order valence-corrected chi connectivity index (χ4v) is 1.68. The number of benzene rings is 1. The number of anilines is 1. The summed E-state index contributed by atoms with van der Waals surface area (Å²) < 4.78 is 0. The lowest BCUT2D eigenvalue weighted by Crippen LogP contribution is -2.06. The van der Waals surface area contributed by atoms with Crippen molar-refractivity contribution in [1.29, 1.82) is 0 Å². The molecule has 0 unspecified atom stereocenters. The molecule has 0 amide bonds. The Morgan fingerprint density at radius 3 is 2.22 bits per heavy atom. The molecule has 1 aromatic carbocycles. The fourth-order valence-electron chi connectivity index (χ4n) is 1.68. The van der Waals surface area contributed by atoms with Crippen LogP contribution in [-0.4, -0.2) is 6.54 Å². The smallest absolute Gasteiger partial charge is 0.0342 e. The zero-order chi connectivity index (χ0) is 13.6. The van der Waals surface area contributed by atoms with Gasteiger partial charge >= 0.3 is 0 Å². The highest BCUT2D eigenvalue weighted by Crippen LogP contribution is 2.22. The molecule has 1 heteroatoms. The van der Waals surface area contributed by atoms with Crippen molar-refractivity contribution >= 4 is 5.69 Å². The van der Waals surface area contributed by atoms with Crippen LogP contribution < -0.4 is 5.32 Å². The fraction of sp³-hybridized carbons (Fsp3) is 0.529. The lowest BCUT2D eigenvalue weighted by molar-refractivity contribution is 0.378. The number of rotatable bonds is 5. The molecule has 0 spiro atoms. The zero-order valence-electron chi connectivity index (χ0n) is 12.5. The molecule has 0 aliphatic heterocycles. The number of hydrogen-bond acceptors (Lipinski definition) is 1. The van der Waals surface area contributed by atoms with E-state index in [-0.39, 0.29) is 0 Å². The Morgan fingerprint density at radius 2 is 1.72 bits per heavy atom. The average molecular weight is 245 g/mol. The van der Waals surface area contributed by atoms with Gasteiger partial charge in [-0.05, 0) is 49.8 Å². The second-order valence-electron chi connectivity index (χ2n) is 6.42. The van der Waals surface area contributed by atoms with E-state index in [1.165, 1.54) is 23.2 Å². The standard InChI is InChI=1S/C17H27N/c1-14(2)11-13-18-16-8-6-15(7-9-16)10-12-17(3,4)5/h6-9,11,18H,10,12-13H2,1-5H3. The molecule has 0 aliphatic carbocycles. The summed E-state index contributed by atoms with van der Waals surface area (Å²) in [6.45, 7) is 12.0. The maximum absolute atomic E-state index is 3.40. The molecular weight excluding hydrogens is 218 g/mol. The van der Waals surface area contributed by atoms with Crippen LogP contribution in [0.15, 0.2) is 35.9 Å². The van der Waals surface area contributed by atoms with Crippen molar-refractivity contribution in [3.05, 3.63) is 41.5 Å². The normalized spacial score (nSPS) is 11.2. The first-order chi connectivity index (χ1) is 8.37. The van der Waals surface area contributed by atoms with Crippen molar-refractivity contribution < 1.29 is 0 Å². The van der Waals surface area contributed by atoms with Crippen LogP contribution in [0.2, 0.25) is 0 Å². The summed E-state index contributed by atoms with van der Waals surface area (Å²) in [4.78, 5) is 0. The highest BCUT2D eigenvalue weighted by Gasteiger charge is 2.09. The molecule has 1 N–H and O–H groups in total. The van der Waals surface area contributed by atoms with Crippen LogP contribution >= 0.6 is 0 Å². The van der Waals surface area contributed by atoms with Crippen LogP contribution in [-0.2, 0) is 6.42 Å². The second kappa shape index (κ2) is 6.63. The number of nitrogens with one attached hydrogen (secondary N) is 1. The summed E-state index contributed by atoms with van der Waals surface area (Å²) in [5, 5.41) is 3.40. The van der Waals surface area contributed by atoms with Crippen LogP contribution in [0.5, 0.6) is 0 Å². The van der Waals surface area contributed by atoms with Gasteiger partial charge < -0.3 is 5.32 Å². The molecule has 0 aliphatic rings. The molecule has 1 rings (SSSR count). The van der Waals surface area contributed by atoms with E-state index >= 15 is 0 Å². The van der Waals surface area contributed by atoms with Gasteiger partial charge in [0.1, 0.15) is 0 Å². The zero-order valence-corrected chi connectivity index (χ0v) is 12.5. The first kappa shape index (κ1) is 14.8. The lowest BCUT2D eigenvalue weighted by atomic mass is 9.89. The number of hydrogen-bond donors (Lipinski definition) is 1. The second-order valence-corrected chi connectivity index (χ2v) is 6.42. The molecule has 0 saturated carbocycles. The quantitative estimate of drug-likeness (QED) is 0.716. The van der Waals surface area contributed by atoms with E-state index in [9.17, 15) is 0 Å². The van der Waals surface area contributed by atoms with E-state index in [2.05, 4.69) is 70.3 Å². The predicted octanol–water partition coefficient (Wildman–Crippen LogP) is 5.04. The van der Waals surface area contributed by atoms with Gasteiger partial charge in [0.2, 0.25) is 0 Å². The molecule has 0 radical (unpaired) electrons. The van der Waals surface area contributed by atoms with Crippen molar-refractivity contribution in [2.24, 2.45) is 5.41 Å². The van der Waals surface area contributed by atoms with Gasteiger partial charge in [-0.2, -0.15) is 0 Å². The van der Waals surface area contributed by atoms with Gasteiger partial charge in [-0.25, -0.2) is 0 Å². The third kappa shape index (κ3) is 6.48. The lowest BCUT2D eigenvalue weighted by Gasteiger charge is -2.17. The molecule has 0 aromatic heterocycles. The summed E-state index contributed by atoms with van der Waals surface area (Å²) in [6.07, 6.45) is 4.60. The first-order valence-electron chi connectivity index (χ1n) is 6.83. The third-order valence-electron chi connectivity index (χ3n) is 2.93. The Morgan fingerprint density at radius 1 is 1.11 bits per heavy atom. The number of aryl methyl sites for hydroxylation is 1. The highest BCUT2D eigenvalue weighted by atomic mass is 14.8. The minimum Gasteiger partial charge on any atom is -0.382 e. The Balaban J connectivity index is 2.45. The van der Waals surface area contributed by atoms with Crippen LogP contribution in [0.3, 0.4) is 0 Å². The van der Waals surface area contributed by atoms with E-state index in [1.807, 2.05) is 0 Å². The van der Waals surface area contributed by atoms with Crippen LogP contribution in [0.25, 0.3) is 0 Å². The molecule has 0 saturated heterocycles. The molecule has 0 fully saturated rings. The van der Waals surface area contributed by atoms with E-state index in [0.717, 1.165) is 13.0 Å².